The second-order valence-electron chi connectivity index (χ2n) is 5.08. The first kappa shape index (κ1) is 20.4. The van der Waals surface area contributed by atoms with Crippen molar-refractivity contribution in [2.75, 3.05) is 0 Å². The van der Waals surface area contributed by atoms with Gasteiger partial charge in [0.1, 0.15) is 15.9 Å². The fourth-order valence-corrected chi connectivity index (χ4v) is 3.05. The van der Waals surface area contributed by atoms with Crippen molar-refractivity contribution in [1.29, 1.82) is 0 Å². The molecule has 6 heteroatoms. The van der Waals surface area contributed by atoms with Crippen molar-refractivity contribution in [1.82, 2.24) is 0 Å². The Balaban J connectivity index is 0.00000400. The molecule has 0 amide bonds. The summed E-state index contributed by atoms with van der Waals surface area (Å²) in [6.45, 7) is 2.17. The first-order chi connectivity index (χ1) is 9.46. The van der Waals surface area contributed by atoms with Gasteiger partial charge in [-0.3, -0.25) is 0 Å². The van der Waals surface area contributed by atoms with E-state index in [9.17, 15) is 18.1 Å². The molecule has 0 spiro atoms. The maximum absolute atomic E-state index is 11.1. The smallest absolute Gasteiger partial charge is 0.744 e. The van der Waals surface area contributed by atoms with Crippen LogP contribution in [0.15, 0.2) is 23.1 Å². The molecule has 0 aliphatic rings. The molecule has 1 aromatic carbocycles. The fraction of sp³-hybridized carbons (Fsp3) is 0.600. The zero-order valence-corrected chi connectivity index (χ0v) is 14.0. The van der Waals surface area contributed by atoms with Crippen LogP contribution in [0.25, 0.3) is 0 Å². The van der Waals surface area contributed by atoms with Crippen LogP contribution in [-0.4, -0.2) is 18.1 Å². The standard InChI is InChI=1S/C15H24O4S.Cu/c1-2-3-4-5-6-7-8-10-13-14(16)11-9-12-15(13)20(17,18)19;/h9,11-12,16H,2-8,10H2,1H3,(H,17,18,19);/q;+1/p-1. The van der Waals surface area contributed by atoms with Gasteiger partial charge in [0.25, 0.3) is 0 Å². The molecule has 0 aliphatic carbocycles. The van der Waals surface area contributed by atoms with Gasteiger partial charge in [0.2, 0.25) is 0 Å². The molecule has 4 nitrogen and oxygen atoms in total. The van der Waals surface area contributed by atoms with Crippen molar-refractivity contribution < 1.29 is 35.1 Å². The Morgan fingerprint density at radius 2 is 1.62 bits per heavy atom. The summed E-state index contributed by atoms with van der Waals surface area (Å²) in [7, 11) is -4.52. The van der Waals surface area contributed by atoms with Crippen molar-refractivity contribution in [3.05, 3.63) is 23.8 Å². The first-order valence-electron chi connectivity index (χ1n) is 7.23. The monoisotopic (exact) mass is 362 g/mol. The molecule has 0 unspecified atom stereocenters. The summed E-state index contributed by atoms with van der Waals surface area (Å²) in [5.74, 6) is -0.104. The van der Waals surface area contributed by atoms with Crippen molar-refractivity contribution in [3.63, 3.8) is 0 Å². The molecule has 0 aromatic heterocycles. The Kier molecular flexibility index (Phi) is 9.95. The van der Waals surface area contributed by atoms with E-state index in [4.69, 9.17) is 0 Å². The number of unbranched alkanes of at least 4 members (excludes halogenated alkanes) is 6. The quantitative estimate of drug-likeness (QED) is 0.413. The molecule has 124 valence electrons. The summed E-state index contributed by atoms with van der Waals surface area (Å²) in [5.41, 5.74) is 0.260. The molecular formula is C15H23CuO4S. The Bertz CT molecular complexity index is 514. The molecule has 0 saturated carbocycles. The summed E-state index contributed by atoms with van der Waals surface area (Å²) in [6, 6.07) is 4.07. The summed E-state index contributed by atoms with van der Waals surface area (Å²) < 4.78 is 33.4. The maximum Gasteiger partial charge on any atom is 1.00 e. The van der Waals surface area contributed by atoms with E-state index < -0.39 is 10.1 Å². The molecular weight excluding hydrogens is 340 g/mol. The van der Waals surface area contributed by atoms with Gasteiger partial charge in [-0.2, -0.15) is 0 Å². The predicted molar refractivity (Wildman–Crippen MR) is 77.8 cm³/mol. The molecule has 1 N–H and O–H groups in total. The minimum absolute atomic E-state index is 0. The Morgan fingerprint density at radius 3 is 2.19 bits per heavy atom. The van der Waals surface area contributed by atoms with Gasteiger partial charge < -0.3 is 9.66 Å². The van der Waals surface area contributed by atoms with E-state index in [0.717, 1.165) is 19.3 Å². The first-order valence-corrected chi connectivity index (χ1v) is 8.64. The number of benzene rings is 1. The Morgan fingerprint density at radius 1 is 1.05 bits per heavy atom. The number of hydrogen-bond acceptors (Lipinski definition) is 4. The normalized spacial score (nSPS) is 11.1. The summed E-state index contributed by atoms with van der Waals surface area (Å²) in [6.07, 6.45) is 8.17. The van der Waals surface area contributed by atoms with E-state index in [1.807, 2.05) is 0 Å². The number of phenols is 1. The van der Waals surface area contributed by atoms with E-state index in [2.05, 4.69) is 6.92 Å². The van der Waals surface area contributed by atoms with Crippen molar-refractivity contribution in [3.8, 4) is 5.75 Å². The minimum Gasteiger partial charge on any atom is -0.744 e. The van der Waals surface area contributed by atoms with Gasteiger partial charge in [-0.1, -0.05) is 51.5 Å². The van der Waals surface area contributed by atoms with Crippen LogP contribution in [0.4, 0.5) is 0 Å². The minimum atomic E-state index is -4.52. The van der Waals surface area contributed by atoms with E-state index in [0.29, 0.717) is 6.42 Å². The molecule has 1 aromatic rings. The average Bonchev–Trinajstić information content (AvgIpc) is 2.38. The van der Waals surface area contributed by atoms with E-state index in [1.54, 1.807) is 0 Å². The largest absolute Gasteiger partial charge is 1.00 e. The second kappa shape index (κ2) is 10.2. The van der Waals surface area contributed by atoms with Gasteiger partial charge in [0.15, 0.2) is 0 Å². The summed E-state index contributed by atoms with van der Waals surface area (Å²) in [5, 5.41) is 9.72. The van der Waals surface area contributed by atoms with Crippen molar-refractivity contribution in [2.24, 2.45) is 0 Å². The molecule has 0 atom stereocenters. The average molecular weight is 363 g/mol. The topological polar surface area (TPSA) is 77.4 Å². The van der Waals surface area contributed by atoms with Gasteiger partial charge in [-0.15, -0.1) is 0 Å². The third kappa shape index (κ3) is 7.32. The van der Waals surface area contributed by atoms with Gasteiger partial charge in [-0.05, 0) is 25.0 Å². The molecule has 0 fully saturated rings. The van der Waals surface area contributed by atoms with Crippen molar-refractivity contribution in [2.45, 2.75) is 63.2 Å². The van der Waals surface area contributed by atoms with E-state index >= 15 is 0 Å². The molecule has 0 radical (unpaired) electrons. The van der Waals surface area contributed by atoms with Crippen molar-refractivity contribution >= 4 is 10.1 Å². The van der Waals surface area contributed by atoms with Crippen LogP contribution in [-0.2, 0) is 33.6 Å². The zero-order chi connectivity index (χ0) is 15.0. The van der Waals surface area contributed by atoms with Crippen LogP contribution in [0.5, 0.6) is 5.75 Å². The molecule has 21 heavy (non-hydrogen) atoms. The zero-order valence-electron chi connectivity index (χ0n) is 12.3. The van der Waals surface area contributed by atoms with Crippen LogP contribution in [0.3, 0.4) is 0 Å². The predicted octanol–water partition coefficient (Wildman–Crippen LogP) is 3.59. The van der Waals surface area contributed by atoms with Crippen LogP contribution in [0.1, 0.15) is 57.4 Å². The van der Waals surface area contributed by atoms with Gasteiger partial charge >= 0.3 is 17.1 Å². The third-order valence-corrected chi connectivity index (χ3v) is 4.33. The molecule has 1 rings (SSSR count). The van der Waals surface area contributed by atoms with Gasteiger partial charge in [-0.25, -0.2) is 8.42 Å². The fourth-order valence-electron chi connectivity index (χ4n) is 2.30. The van der Waals surface area contributed by atoms with E-state index in [1.165, 1.54) is 43.9 Å². The molecule has 0 bridgehead atoms. The Labute approximate surface area is 138 Å². The van der Waals surface area contributed by atoms with Crippen LogP contribution in [0.2, 0.25) is 0 Å². The van der Waals surface area contributed by atoms with Crippen LogP contribution < -0.4 is 0 Å². The van der Waals surface area contributed by atoms with Crippen LogP contribution >= 0.6 is 0 Å². The second-order valence-corrected chi connectivity index (χ2v) is 6.43. The Hall–Kier alpha value is -0.551. The number of aromatic hydroxyl groups is 1. The van der Waals surface area contributed by atoms with Gasteiger partial charge in [0.05, 0.1) is 4.90 Å². The van der Waals surface area contributed by atoms with Crippen LogP contribution in [0, 0.1) is 0 Å². The van der Waals surface area contributed by atoms with E-state index in [-0.39, 0.29) is 33.3 Å². The maximum atomic E-state index is 11.1. The molecule has 0 aliphatic heterocycles. The summed E-state index contributed by atoms with van der Waals surface area (Å²) in [4.78, 5) is -0.288. The number of rotatable bonds is 9. The molecule has 0 heterocycles. The van der Waals surface area contributed by atoms with Gasteiger partial charge in [0, 0.05) is 5.56 Å². The number of hydrogen-bond donors (Lipinski definition) is 1. The SMILES string of the molecule is CCCCCCCCCc1c(O)cccc1S(=O)(=O)[O-].[Cu+]. The summed E-state index contributed by atoms with van der Waals surface area (Å²) >= 11 is 0. The third-order valence-electron chi connectivity index (χ3n) is 3.41. The number of phenolic OH excluding ortho intramolecular Hbond substituents is 1. The molecule has 0 saturated heterocycles.